The van der Waals surface area contributed by atoms with Crippen LogP contribution in [-0.2, 0) is 6.54 Å². The molecule has 0 N–H and O–H groups in total. The Morgan fingerprint density at radius 3 is 2.62 bits per heavy atom. The fourth-order valence-electron chi connectivity index (χ4n) is 2.67. The second-order valence-corrected chi connectivity index (χ2v) is 5.77. The number of aryl methyl sites for hydroxylation is 2. The number of amides is 1. The van der Waals surface area contributed by atoms with Crippen molar-refractivity contribution in [1.82, 2.24) is 15.0 Å². The lowest BCUT2D eigenvalue weighted by atomic mass is 10.1. The maximum atomic E-state index is 12.9. The van der Waals surface area contributed by atoms with Crippen LogP contribution in [0.2, 0.25) is 0 Å². The maximum Gasteiger partial charge on any atom is 0.258 e. The summed E-state index contributed by atoms with van der Waals surface area (Å²) < 4.78 is 10.3. The number of hydrogen-bond donors (Lipinski definition) is 0. The molecule has 6 heteroatoms. The molecule has 0 aliphatic carbocycles. The van der Waals surface area contributed by atoms with Gasteiger partial charge in [-0.2, -0.15) is 0 Å². The van der Waals surface area contributed by atoms with Gasteiger partial charge >= 0.3 is 0 Å². The second kappa shape index (κ2) is 6.31. The Balaban J connectivity index is 1.89. The first-order valence-corrected chi connectivity index (χ1v) is 7.61. The normalized spacial score (nSPS) is 10.8. The van der Waals surface area contributed by atoms with Crippen molar-refractivity contribution in [2.75, 3.05) is 14.2 Å². The van der Waals surface area contributed by atoms with Crippen LogP contribution < -0.4 is 4.74 Å². The van der Waals surface area contributed by atoms with E-state index in [1.807, 2.05) is 38.1 Å². The van der Waals surface area contributed by atoms with Gasteiger partial charge in [0.05, 0.1) is 23.8 Å². The molecule has 1 aromatic carbocycles. The molecule has 0 aliphatic rings. The van der Waals surface area contributed by atoms with E-state index in [2.05, 4.69) is 10.1 Å². The number of hydrogen-bond acceptors (Lipinski definition) is 5. The molecule has 24 heavy (non-hydrogen) atoms. The topological polar surface area (TPSA) is 68.5 Å². The Kier molecular flexibility index (Phi) is 4.20. The van der Waals surface area contributed by atoms with Gasteiger partial charge in [0, 0.05) is 19.3 Å². The van der Waals surface area contributed by atoms with Crippen molar-refractivity contribution in [2.45, 2.75) is 20.4 Å². The summed E-state index contributed by atoms with van der Waals surface area (Å²) in [5, 5.41) is 4.59. The minimum atomic E-state index is -0.0902. The summed E-state index contributed by atoms with van der Waals surface area (Å²) in [5.41, 5.74) is 3.37. The molecule has 2 aromatic heterocycles. The van der Waals surface area contributed by atoms with Crippen LogP contribution in [0.15, 0.2) is 34.9 Å². The highest BCUT2D eigenvalue weighted by molar-refractivity contribution is 6.05. The zero-order valence-corrected chi connectivity index (χ0v) is 14.2. The van der Waals surface area contributed by atoms with Crippen molar-refractivity contribution in [2.24, 2.45) is 0 Å². The van der Waals surface area contributed by atoms with Gasteiger partial charge in [-0.3, -0.25) is 4.79 Å². The van der Waals surface area contributed by atoms with Gasteiger partial charge in [-0.1, -0.05) is 17.3 Å². The van der Waals surface area contributed by atoms with Crippen LogP contribution in [-0.4, -0.2) is 35.1 Å². The van der Waals surface area contributed by atoms with Crippen molar-refractivity contribution in [3.05, 3.63) is 52.8 Å². The highest BCUT2D eigenvalue weighted by Crippen LogP contribution is 2.23. The highest BCUT2D eigenvalue weighted by Gasteiger charge is 2.20. The standard InChI is InChI=1S/C18H19N3O3/c1-11-9-15(16-12(2)20-24-17(16)19-11)18(22)21(3)10-13-5-7-14(23-4)8-6-13/h5-9H,10H2,1-4H3. The van der Waals surface area contributed by atoms with E-state index in [-0.39, 0.29) is 5.91 Å². The lowest BCUT2D eigenvalue weighted by molar-refractivity contribution is 0.0787. The fraction of sp³-hybridized carbons (Fsp3) is 0.278. The van der Waals surface area contributed by atoms with E-state index in [1.54, 1.807) is 25.1 Å². The number of rotatable bonds is 4. The molecule has 3 rings (SSSR count). The number of benzene rings is 1. The quantitative estimate of drug-likeness (QED) is 0.737. The number of carbonyl (C=O) groups is 1. The van der Waals surface area contributed by atoms with Gasteiger partial charge < -0.3 is 14.2 Å². The molecule has 0 unspecified atom stereocenters. The minimum Gasteiger partial charge on any atom is -0.497 e. The summed E-state index contributed by atoms with van der Waals surface area (Å²) in [4.78, 5) is 18.8. The van der Waals surface area contributed by atoms with Gasteiger partial charge in [0.2, 0.25) is 0 Å². The molecule has 0 spiro atoms. The van der Waals surface area contributed by atoms with Crippen molar-refractivity contribution >= 4 is 17.0 Å². The average molecular weight is 325 g/mol. The lowest BCUT2D eigenvalue weighted by Crippen LogP contribution is -2.26. The molecule has 0 atom stereocenters. The van der Waals surface area contributed by atoms with Gasteiger partial charge in [0.25, 0.3) is 11.6 Å². The molecule has 0 radical (unpaired) electrons. The average Bonchev–Trinajstić information content (AvgIpc) is 2.95. The summed E-state index contributed by atoms with van der Waals surface area (Å²) in [6.45, 7) is 4.14. The third-order valence-corrected chi connectivity index (χ3v) is 3.90. The van der Waals surface area contributed by atoms with E-state index >= 15 is 0 Å². The third kappa shape index (κ3) is 2.95. The molecule has 0 fully saturated rings. The zero-order chi connectivity index (χ0) is 17.3. The second-order valence-electron chi connectivity index (χ2n) is 5.77. The van der Waals surface area contributed by atoms with Crippen molar-refractivity contribution in [3.8, 4) is 5.75 Å². The Labute approximate surface area is 140 Å². The van der Waals surface area contributed by atoms with Crippen LogP contribution in [0.25, 0.3) is 11.1 Å². The van der Waals surface area contributed by atoms with Gasteiger partial charge in [0.1, 0.15) is 5.75 Å². The van der Waals surface area contributed by atoms with Crippen molar-refractivity contribution in [3.63, 3.8) is 0 Å². The molecule has 124 valence electrons. The molecule has 3 aromatic rings. The van der Waals surface area contributed by atoms with Crippen LogP contribution in [0, 0.1) is 13.8 Å². The molecule has 0 bridgehead atoms. The summed E-state index contributed by atoms with van der Waals surface area (Å²) in [5.74, 6) is 0.701. The number of ether oxygens (including phenoxy) is 1. The van der Waals surface area contributed by atoms with Gasteiger partial charge in [-0.25, -0.2) is 4.98 Å². The third-order valence-electron chi connectivity index (χ3n) is 3.90. The zero-order valence-electron chi connectivity index (χ0n) is 14.2. The first-order valence-electron chi connectivity index (χ1n) is 7.61. The number of methoxy groups -OCH3 is 1. The van der Waals surface area contributed by atoms with E-state index in [1.165, 1.54) is 0 Å². The fourth-order valence-corrected chi connectivity index (χ4v) is 2.67. The van der Waals surface area contributed by atoms with Crippen LogP contribution in [0.4, 0.5) is 0 Å². The van der Waals surface area contributed by atoms with Crippen molar-refractivity contribution in [1.29, 1.82) is 0 Å². The number of aromatic nitrogens is 2. The Bertz CT molecular complexity index is 884. The molecule has 1 amide bonds. The molecule has 0 saturated carbocycles. The van der Waals surface area contributed by atoms with Gasteiger partial charge in [-0.05, 0) is 37.6 Å². The number of fused-ring (bicyclic) bond motifs is 1. The summed E-state index contributed by atoms with van der Waals surface area (Å²) in [7, 11) is 3.40. The van der Waals surface area contributed by atoms with Gasteiger partial charge in [0.15, 0.2) is 0 Å². The molecular formula is C18H19N3O3. The molecule has 0 aliphatic heterocycles. The van der Waals surface area contributed by atoms with Crippen LogP contribution in [0.3, 0.4) is 0 Å². The van der Waals surface area contributed by atoms with E-state index in [0.29, 0.717) is 28.9 Å². The van der Waals surface area contributed by atoms with E-state index < -0.39 is 0 Å². The lowest BCUT2D eigenvalue weighted by Gasteiger charge is -2.18. The van der Waals surface area contributed by atoms with E-state index in [0.717, 1.165) is 17.0 Å². The van der Waals surface area contributed by atoms with Crippen molar-refractivity contribution < 1.29 is 14.1 Å². The highest BCUT2D eigenvalue weighted by atomic mass is 16.5. The Morgan fingerprint density at radius 2 is 1.96 bits per heavy atom. The Hall–Kier alpha value is -2.89. The maximum absolute atomic E-state index is 12.9. The molecule has 0 saturated heterocycles. The van der Waals surface area contributed by atoms with Crippen LogP contribution in [0.1, 0.15) is 27.3 Å². The van der Waals surface area contributed by atoms with Gasteiger partial charge in [-0.15, -0.1) is 0 Å². The summed E-state index contributed by atoms with van der Waals surface area (Å²) >= 11 is 0. The smallest absolute Gasteiger partial charge is 0.258 e. The number of pyridine rings is 1. The molecular weight excluding hydrogens is 306 g/mol. The summed E-state index contributed by atoms with van der Waals surface area (Å²) in [6.07, 6.45) is 0. The van der Waals surface area contributed by atoms with Crippen LogP contribution in [0.5, 0.6) is 5.75 Å². The minimum absolute atomic E-state index is 0.0902. The predicted octanol–water partition coefficient (Wildman–Crippen LogP) is 3.12. The summed E-state index contributed by atoms with van der Waals surface area (Å²) in [6, 6.07) is 9.43. The number of carbonyl (C=O) groups excluding carboxylic acids is 1. The largest absolute Gasteiger partial charge is 0.497 e. The molecule has 2 heterocycles. The predicted molar refractivity (Wildman–Crippen MR) is 90.1 cm³/mol. The van der Waals surface area contributed by atoms with E-state index in [9.17, 15) is 4.79 Å². The SMILES string of the molecule is COc1ccc(CN(C)C(=O)c2cc(C)nc3onc(C)c23)cc1. The van der Waals surface area contributed by atoms with E-state index in [4.69, 9.17) is 9.26 Å². The number of nitrogens with zero attached hydrogens (tertiary/aromatic N) is 3. The monoisotopic (exact) mass is 325 g/mol. The molecule has 6 nitrogen and oxygen atoms in total. The first-order chi connectivity index (χ1) is 11.5. The first kappa shape index (κ1) is 16.0. The Morgan fingerprint density at radius 1 is 1.25 bits per heavy atom. The van der Waals surface area contributed by atoms with Crippen LogP contribution >= 0.6 is 0 Å².